The van der Waals surface area contributed by atoms with Crippen molar-refractivity contribution in [3.8, 4) is 0 Å². The molecule has 3 aromatic carbocycles. The van der Waals surface area contributed by atoms with Gasteiger partial charge in [-0.25, -0.2) is 4.79 Å². The number of esters is 1. The predicted octanol–water partition coefficient (Wildman–Crippen LogP) is 4.41. The Bertz CT molecular complexity index is 1150. The van der Waals surface area contributed by atoms with Crippen LogP contribution in [0, 0.1) is 13.8 Å². The number of hydrogen-bond acceptors (Lipinski definition) is 4. The van der Waals surface area contributed by atoms with Gasteiger partial charge < -0.3 is 4.74 Å². The minimum atomic E-state index is -0.579. The number of benzene rings is 3. The standard InChI is InChI=1S/C23H18O4/c1-4-27-23(26)20-17-10-12(2)9-13(3)16(17)11-18-19(20)22(25)15-8-6-5-7-14(15)21(18)24/h5-11H,4H2,1-3H3. The fourth-order valence-corrected chi connectivity index (χ4v) is 3.85. The summed E-state index contributed by atoms with van der Waals surface area (Å²) in [6, 6.07) is 12.3. The predicted molar refractivity (Wildman–Crippen MR) is 103 cm³/mol. The summed E-state index contributed by atoms with van der Waals surface area (Å²) in [4.78, 5) is 39.2. The fraction of sp³-hybridized carbons (Fsp3) is 0.174. The number of hydrogen-bond donors (Lipinski definition) is 0. The molecule has 0 saturated heterocycles. The van der Waals surface area contributed by atoms with E-state index in [1.807, 2.05) is 26.0 Å². The normalized spacial score (nSPS) is 12.7. The van der Waals surface area contributed by atoms with Gasteiger partial charge in [-0.1, -0.05) is 42.0 Å². The summed E-state index contributed by atoms with van der Waals surface area (Å²) in [6.45, 7) is 5.77. The second-order valence-corrected chi connectivity index (χ2v) is 6.78. The summed E-state index contributed by atoms with van der Waals surface area (Å²) in [7, 11) is 0. The Morgan fingerprint density at radius 2 is 1.56 bits per heavy atom. The Morgan fingerprint density at radius 1 is 0.889 bits per heavy atom. The van der Waals surface area contributed by atoms with E-state index in [9.17, 15) is 14.4 Å². The molecule has 0 spiro atoms. The minimum absolute atomic E-state index is 0.148. The van der Waals surface area contributed by atoms with Gasteiger partial charge in [0, 0.05) is 22.3 Å². The van der Waals surface area contributed by atoms with Gasteiger partial charge in [0.2, 0.25) is 0 Å². The molecule has 0 bridgehead atoms. The Kier molecular flexibility index (Phi) is 3.92. The Hall–Kier alpha value is -3.27. The van der Waals surface area contributed by atoms with Crippen molar-refractivity contribution >= 4 is 28.3 Å². The van der Waals surface area contributed by atoms with Gasteiger partial charge >= 0.3 is 5.97 Å². The molecular formula is C23H18O4. The molecule has 0 aliphatic heterocycles. The van der Waals surface area contributed by atoms with E-state index in [0.29, 0.717) is 16.5 Å². The highest BCUT2D eigenvalue weighted by Crippen LogP contribution is 2.36. The monoisotopic (exact) mass is 358 g/mol. The van der Waals surface area contributed by atoms with Crippen molar-refractivity contribution in [3.05, 3.63) is 81.4 Å². The third-order valence-corrected chi connectivity index (χ3v) is 4.98. The van der Waals surface area contributed by atoms with E-state index in [1.165, 1.54) is 0 Å². The first kappa shape index (κ1) is 17.2. The Morgan fingerprint density at radius 3 is 2.22 bits per heavy atom. The number of aryl methyl sites for hydroxylation is 2. The molecule has 27 heavy (non-hydrogen) atoms. The highest BCUT2D eigenvalue weighted by atomic mass is 16.5. The fourth-order valence-electron chi connectivity index (χ4n) is 3.85. The molecule has 1 aliphatic carbocycles. The lowest BCUT2D eigenvalue weighted by Gasteiger charge is -2.22. The molecule has 1 aliphatic rings. The van der Waals surface area contributed by atoms with Gasteiger partial charge in [0.1, 0.15) is 0 Å². The van der Waals surface area contributed by atoms with Crippen molar-refractivity contribution in [1.29, 1.82) is 0 Å². The summed E-state index contributed by atoms with van der Waals surface area (Å²) < 4.78 is 5.25. The van der Waals surface area contributed by atoms with Gasteiger partial charge in [-0.15, -0.1) is 0 Å². The zero-order chi connectivity index (χ0) is 19.3. The molecule has 3 aromatic rings. The van der Waals surface area contributed by atoms with Crippen LogP contribution >= 0.6 is 0 Å². The lowest BCUT2D eigenvalue weighted by atomic mass is 9.79. The third kappa shape index (κ3) is 2.48. The van der Waals surface area contributed by atoms with Crippen LogP contribution in [0.4, 0.5) is 0 Å². The van der Waals surface area contributed by atoms with Gasteiger partial charge in [-0.3, -0.25) is 9.59 Å². The van der Waals surface area contributed by atoms with Crippen LogP contribution < -0.4 is 0 Å². The van der Waals surface area contributed by atoms with Gasteiger partial charge in [0.25, 0.3) is 0 Å². The smallest absolute Gasteiger partial charge is 0.339 e. The molecule has 0 fully saturated rings. The quantitative estimate of drug-likeness (QED) is 0.498. The Labute approximate surface area is 156 Å². The number of ether oxygens (including phenoxy) is 1. The van der Waals surface area contributed by atoms with Crippen molar-refractivity contribution in [2.75, 3.05) is 6.61 Å². The summed E-state index contributed by atoms with van der Waals surface area (Å²) in [5.74, 6) is -1.14. The van der Waals surface area contributed by atoms with Crippen LogP contribution in [0.1, 0.15) is 60.3 Å². The second-order valence-electron chi connectivity index (χ2n) is 6.78. The lowest BCUT2D eigenvalue weighted by molar-refractivity contribution is 0.0526. The second kappa shape index (κ2) is 6.16. The van der Waals surface area contributed by atoms with Gasteiger partial charge in [-0.2, -0.15) is 0 Å². The first-order valence-electron chi connectivity index (χ1n) is 8.87. The van der Waals surface area contributed by atoms with E-state index in [4.69, 9.17) is 4.74 Å². The average Bonchev–Trinajstić information content (AvgIpc) is 2.65. The maximum absolute atomic E-state index is 13.2. The molecule has 0 saturated carbocycles. The molecule has 0 radical (unpaired) electrons. The van der Waals surface area contributed by atoms with Crippen LogP contribution in [0.5, 0.6) is 0 Å². The number of ketones is 2. The minimum Gasteiger partial charge on any atom is -0.462 e. The zero-order valence-electron chi connectivity index (χ0n) is 15.4. The highest BCUT2D eigenvalue weighted by molar-refractivity contribution is 6.33. The number of carbonyl (C=O) groups is 3. The highest BCUT2D eigenvalue weighted by Gasteiger charge is 2.35. The van der Waals surface area contributed by atoms with Crippen LogP contribution in [0.25, 0.3) is 10.8 Å². The summed E-state index contributed by atoms with van der Waals surface area (Å²) in [5, 5.41) is 1.42. The van der Waals surface area contributed by atoms with E-state index in [0.717, 1.165) is 16.5 Å². The van der Waals surface area contributed by atoms with Crippen LogP contribution in [0.2, 0.25) is 0 Å². The molecule has 134 valence electrons. The molecule has 0 heterocycles. The van der Waals surface area contributed by atoms with E-state index in [1.54, 1.807) is 37.3 Å². The topological polar surface area (TPSA) is 60.4 Å². The van der Waals surface area contributed by atoms with Gasteiger partial charge in [-0.05, 0) is 43.2 Å². The van der Waals surface area contributed by atoms with Crippen molar-refractivity contribution in [2.45, 2.75) is 20.8 Å². The molecule has 4 heteroatoms. The van der Waals surface area contributed by atoms with Crippen molar-refractivity contribution < 1.29 is 19.1 Å². The van der Waals surface area contributed by atoms with Gasteiger partial charge in [0.15, 0.2) is 11.6 Å². The first-order valence-corrected chi connectivity index (χ1v) is 8.87. The van der Waals surface area contributed by atoms with E-state index < -0.39 is 5.97 Å². The summed E-state index contributed by atoms with van der Waals surface area (Å²) in [6.07, 6.45) is 0. The molecule has 0 atom stereocenters. The SMILES string of the molecule is CCOC(=O)c1c2c(cc3c(C)cc(C)cc13)C(=O)c1ccccc1C2=O. The van der Waals surface area contributed by atoms with Crippen LogP contribution in [0.3, 0.4) is 0 Å². The molecule has 0 unspecified atom stereocenters. The largest absolute Gasteiger partial charge is 0.462 e. The zero-order valence-corrected chi connectivity index (χ0v) is 15.4. The molecular weight excluding hydrogens is 340 g/mol. The summed E-state index contributed by atoms with van der Waals surface area (Å²) >= 11 is 0. The molecule has 4 nitrogen and oxygen atoms in total. The van der Waals surface area contributed by atoms with Crippen LogP contribution in [0.15, 0.2) is 42.5 Å². The molecule has 0 aromatic heterocycles. The number of fused-ring (bicyclic) bond motifs is 3. The maximum Gasteiger partial charge on any atom is 0.339 e. The van der Waals surface area contributed by atoms with E-state index >= 15 is 0 Å². The third-order valence-electron chi connectivity index (χ3n) is 4.98. The maximum atomic E-state index is 13.2. The summed E-state index contributed by atoms with van der Waals surface area (Å²) in [5.41, 5.74) is 3.20. The lowest BCUT2D eigenvalue weighted by Crippen LogP contribution is -2.25. The van der Waals surface area contributed by atoms with Crippen molar-refractivity contribution in [1.82, 2.24) is 0 Å². The van der Waals surface area contributed by atoms with E-state index in [-0.39, 0.29) is 34.9 Å². The van der Waals surface area contributed by atoms with Gasteiger partial charge in [0.05, 0.1) is 12.2 Å². The molecule has 0 amide bonds. The first-order chi connectivity index (χ1) is 12.9. The number of carbonyl (C=O) groups excluding carboxylic acids is 3. The Balaban J connectivity index is 2.16. The van der Waals surface area contributed by atoms with Crippen molar-refractivity contribution in [3.63, 3.8) is 0 Å². The molecule has 4 rings (SSSR count). The number of rotatable bonds is 2. The van der Waals surface area contributed by atoms with Crippen LogP contribution in [-0.2, 0) is 4.74 Å². The van der Waals surface area contributed by atoms with E-state index in [2.05, 4.69) is 0 Å². The average molecular weight is 358 g/mol. The molecule has 0 N–H and O–H groups in total. The van der Waals surface area contributed by atoms with Crippen molar-refractivity contribution in [2.24, 2.45) is 0 Å². The van der Waals surface area contributed by atoms with Crippen LogP contribution in [-0.4, -0.2) is 24.1 Å².